The van der Waals surface area contributed by atoms with Crippen molar-refractivity contribution < 1.29 is 51.5 Å². The molecule has 6 N–H and O–H groups in total. The number of rotatable bonds is 18. The smallest absolute Gasteiger partial charge is 0.262 e. The van der Waals surface area contributed by atoms with E-state index < -0.39 is 65.2 Å². The number of carbonyl (C=O) groups excluding carboxylic acids is 8. The molecule has 27 nitrogen and oxygen atoms in total. The Labute approximate surface area is 622 Å². The number of nitrogens with one attached hydrogen (secondary N) is 4. The molecule has 18 rings (SSSR count). The number of aryl methyl sites for hydroxylation is 1. The van der Waals surface area contributed by atoms with Crippen LogP contribution < -0.4 is 46.6 Å². The van der Waals surface area contributed by atoms with E-state index in [4.69, 9.17) is 25.9 Å². The molecule has 6 saturated heterocycles. The fourth-order valence-corrected chi connectivity index (χ4v) is 15.7. The van der Waals surface area contributed by atoms with E-state index in [2.05, 4.69) is 50.8 Å². The number of hydrogen-bond donors (Lipinski definition) is 5. The van der Waals surface area contributed by atoms with Crippen molar-refractivity contribution in [3.8, 4) is 22.8 Å². The first kappa shape index (κ1) is 71.1. The van der Waals surface area contributed by atoms with E-state index in [0.717, 1.165) is 187 Å². The van der Waals surface area contributed by atoms with Crippen LogP contribution in [0.2, 0.25) is 0 Å². The van der Waals surface area contributed by atoms with Gasteiger partial charge in [0.1, 0.15) is 64.2 Å². The van der Waals surface area contributed by atoms with Gasteiger partial charge < -0.3 is 36.0 Å². The first-order chi connectivity index (χ1) is 53.0. The summed E-state index contributed by atoms with van der Waals surface area (Å²) in [7, 11) is 0. The Morgan fingerprint density at radius 1 is 0.459 bits per heavy atom. The summed E-state index contributed by atoms with van der Waals surface area (Å²) in [5.74, 6) is -2.02. The molecular weight excluding hydrogens is 1400 g/mol. The highest BCUT2D eigenvalue weighted by Crippen LogP contribution is 2.39. The third-order valence-corrected chi connectivity index (χ3v) is 21.2. The van der Waals surface area contributed by atoms with Gasteiger partial charge in [-0.1, -0.05) is 42.5 Å². The lowest BCUT2D eigenvalue weighted by molar-refractivity contribution is -0.137. The second-order valence-corrected chi connectivity index (χ2v) is 28.3. The largest absolute Gasteiger partial charge is 0.353 e. The van der Waals surface area contributed by atoms with Gasteiger partial charge in [0.2, 0.25) is 23.6 Å². The fourth-order valence-electron chi connectivity index (χ4n) is 15.7. The van der Waals surface area contributed by atoms with Crippen molar-refractivity contribution in [3.63, 3.8) is 0 Å². The van der Waals surface area contributed by atoms with Gasteiger partial charge in [0.15, 0.2) is 11.3 Å². The third kappa shape index (κ3) is 14.3. The maximum absolute atomic E-state index is 14.1. The summed E-state index contributed by atoms with van der Waals surface area (Å²) < 4.78 is 44.8. The average Bonchev–Trinajstić information content (AvgIpc) is 1.61. The highest BCUT2D eigenvalue weighted by atomic mass is 19.1. The second-order valence-electron chi connectivity index (χ2n) is 28.3. The number of imidazole rings is 2. The molecule has 4 aromatic carbocycles. The molecular formula is C79H76F3N19O8. The van der Waals surface area contributed by atoms with Crippen LogP contribution in [0.3, 0.4) is 0 Å². The van der Waals surface area contributed by atoms with Crippen molar-refractivity contribution in [2.45, 2.75) is 100 Å². The Balaban J connectivity index is 0.000000140. The molecule has 6 fully saturated rings. The molecule has 8 aliphatic heterocycles. The number of anilines is 4. The molecule has 14 heterocycles. The lowest BCUT2D eigenvalue weighted by Crippen LogP contribution is -2.59. The minimum atomic E-state index is -1.02. The Morgan fingerprint density at radius 3 is 1.40 bits per heavy atom. The van der Waals surface area contributed by atoms with Crippen LogP contribution in [0.1, 0.15) is 128 Å². The third-order valence-electron chi connectivity index (χ3n) is 21.2. The first-order valence-electron chi connectivity index (χ1n) is 36.7. The predicted octanol–water partition coefficient (Wildman–Crippen LogP) is 7.32. The zero-order chi connectivity index (χ0) is 75.1. The minimum absolute atomic E-state index is 0.0537. The summed E-state index contributed by atoms with van der Waals surface area (Å²) in [5, 5.41) is 21.3. The molecule has 0 spiro atoms. The molecule has 8 aliphatic rings. The molecule has 0 bridgehead atoms. The monoisotopic (exact) mass is 1480 g/mol. The molecule has 6 aromatic heterocycles. The summed E-state index contributed by atoms with van der Waals surface area (Å²) in [6.45, 7) is 7.45. The van der Waals surface area contributed by atoms with Gasteiger partial charge >= 0.3 is 0 Å². The number of piperidine rings is 2. The van der Waals surface area contributed by atoms with Crippen LogP contribution in [0.4, 0.5) is 36.4 Å². The van der Waals surface area contributed by atoms with E-state index in [0.29, 0.717) is 29.8 Å². The van der Waals surface area contributed by atoms with Gasteiger partial charge in [0, 0.05) is 77.3 Å². The number of nitrogens with zero attached hydrogens (tertiary/aromatic N) is 14. The molecule has 0 saturated carbocycles. The maximum Gasteiger partial charge on any atom is 0.262 e. The van der Waals surface area contributed by atoms with Crippen LogP contribution in [-0.4, -0.2) is 179 Å². The Hall–Kier alpha value is -12.2. The summed E-state index contributed by atoms with van der Waals surface area (Å²) >= 11 is 0. The Kier molecular flexibility index (Phi) is 19.7. The van der Waals surface area contributed by atoms with Crippen molar-refractivity contribution in [3.05, 3.63) is 214 Å². The molecule has 556 valence electrons. The predicted molar refractivity (Wildman–Crippen MR) is 395 cm³/mol. The molecule has 0 radical (unpaired) electrons. The highest BCUT2D eigenvalue weighted by molar-refractivity contribution is 6.24. The van der Waals surface area contributed by atoms with Crippen molar-refractivity contribution in [2.24, 2.45) is 5.73 Å². The minimum Gasteiger partial charge on any atom is -0.353 e. The molecule has 109 heavy (non-hydrogen) atoms. The van der Waals surface area contributed by atoms with Crippen LogP contribution in [-0.2, 0) is 25.6 Å². The van der Waals surface area contributed by atoms with Crippen LogP contribution in [0.15, 0.2) is 158 Å². The zero-order valence-electron chi connectivity index (χ0n) is 59.1. The summed E-state index contributed by atoms with van der Waals surface area (Å²) in [6, 6.07) is 41.2. The maximum atomic E-state index is 14.1. The average molecular weight is 1480 g/mol. The van der Waals surface area contributed by atoms with E-state index in [9.17, 15) is 51.5 Å². The first-order valence-corrected chi connectivity index (χ1v) is 36.7. The molecule has 10 aromatic rings. The number of imide groups is 4. The number of nitrogens with two attached hydrogens (primary N) is 1. The second kappa shape index (κ2) is 30.2. The number of benzene rings is 4. The van der Waals surface area contributed by atoms with E-state index >= 15 is 0 Å². The Bertz CT molecular complexity index is 5280. The molecule has 30 heteroatoms. The van der Waals surface area contributed by atoms with Gasteiger partial charge in [-0.25, -0.2) is 42.1 Å². The summed E-state index contributed by atoms with van der Waals surface area (Å²) in [4.78, 5) is 127. The lowest BCUT2D eigenvalue weighted by atomic mass is 10.0. The number of halogens is 3. The number of fused-ring (bicyclic) bond motifs is 4. The number of hydrogen-bond acceptors (Lipinski definition) is 21. The van der Waals surface area contributed by atoms with E-state index in [1.807, 2.05) is 94.1 Å². The quantitative estimate of drug-likeness (QED) is 0.0415. The summed E-state index contributed by atoms with van der Waals surface area (Å²) in [5.41, 5.74) is 13.8. The van der Waals surface area contributed by atoms with Crippen LogP contribution in [0.25, 0.3) is 34.1 Å². The topological polar surface area (TPSA) is 316 Å². The van der Waals surface area contributed by atoms with E-state index in [1.165, 1.54) is 18.2 Å². The van der Waals surface area contributed by atoms with Crippen molar-refractivity contribution >= 4 is 81.8 Å². The number of aromatic nitrogens is 8. The van der Waals surface area contributed by atoms with Gasteiger partial charge in [0.25, 0.3) is 23.6 Å². The van der Waals surface area contributed by atoms with Gasteiger partial charge in [-0.05, 0) is 178 Å². The number of pyridine rings is 2. The van der Waals surface area contributed by atoms with Crippen molar-refractivity contribution in [2.75, 3.05) is 78.5 Å². The fraction of sp³-hybridized carbons (Fsp3) is 0.316. The molecule has 0 aliphatic carbocycles. The number of amides is 8. The normalized spacial score (nSPS) is 20.0. The van der Waals surface area contributed by atoms with E-state index in [-0.39, 0.29) is 60.5 Å². The number of carbonyl (C=O) groups is 8. The van der Waals surface area contributed by atoms with Crippen molar-refractivity contribution in [1.82, 2.24) is 70.2 Å². The van der Waals surface area contributed by atoms with Crippen LogP contribution >= 0.6 is 0 Å². The van der Waals surface area contributed by atoms with Crippen LogP contribution in [0, 0.1) is 17.5 Å². The van der Waals surface area contributed by atoms with E-state index in [1.54, 1.807) is 42.6 Å². The summed E-state index contributed by atoms with van der Waals surface area (Å²) in [6.07, 6.45) is 9.50. The lowest BCUT2D eigenvalue weighted by Gasteiger charge is -2.40. The zero-order valence-corrected chi connectivity index (χ0v) is 59.1. The standard InChI is InChI=1S/C40H38FN9O4.C26H29FN8.C13H9FN2O4/c41-26-7-1-6-25(20-26)31-9-4-18-48(31)36-15-14-34-43-21-33(50(34)46-36)30-8-2-10-35(44-30)47-22-27(23-47)42-17-3-5-24-11-12-28-29(19-24)40(54)49(39(28)53)32-13-16-37(51)45-38(32)52;27-19-5-1-4-18(14-19)22-7-3-13-34(22)26-10-9-24-30-15-23(35(24)32-26)21-6-2-8-25(31-21)33-16-20(17-33)29-12-11-28;14-6-1-2-7-8(5-6)13(20)16(12(7)19)9-3-4-10(17)15-11(9)18/h1-2,6-8,10-12,14-15,19-21,27,31-32,42H,3-5,9,13,16-18,22-23H2,(H,45,51,52);1-2,4-6,8-10,14-15,20,22,29H,3,7,11-13,16-17,28H2;1-2,5,9H,3-4H2,(H,15,17,18)/t31-,32?;22-;/m11./s1. The van der Waals surface area contributed by atoms with Crippen molar-refractivity contribution in [1.29, 1.82) is 0 Å². The van der Waals surface area contributed by atoms with Gasteiger partial charge in [-0.2, -0.15) is 0 Å². The Morgan fingerprint density at radius 2 is 0.917 bits per heavy atom. The SMILES string of the molecule is NCCNC1CN(c2cccc(-c3cnc4ccc(N5CCC[C@@H]5c5cccc(F)c5)nn34)n2)C1.O=C1CCC(N2C(=O)c3ccc(CCCNC4CN(c5cccc(-c6cnc7ccc(N8CCC[C@@H]8c8cccc(F)c8)nn67)n5)C4)cc3C2=O)C(=O)N1.O=C1CCC(N2C(=O)c3ccc(F)cc3C2=O)C(=O)N1. The molecule has 2 unspecified atom stereocenters. The molecule has 8 amide bonds. The molecule has 4 atom stereocenters. The highest BCUT2D eigenvalue weighted by Gasteiger charge is 2.47. The van der Waals surface area contributed by atoms with Gasteiger partial charge in [-0.3, -0.25) is 58.8 Å². The van der Waals surface area contributed by atoms with Gasteiger partial charge in [0.05, 0.1) is 58.1 Å². The van der Waals surface area contributed by atoms with Gasteiger partial charge in [-0.15, -0.1) is 10.2 Å². The van der Waals surface area contributed by atoms with Crippen LogP contribution in [0.5, 0.6) is 0 Å².